The third kappa shape index (κ3) is 4.32. The second kappa shape index (κ2) is 8.55. The van der Waals surface area contributed by atoms with Crippen LogP contribution in [0.5, 0.6) is 5.88 Å². The van der Waals surface area contributed by atoms with Gasteiger partial charge >= 0.3 is 5.97 Å². The highest BCUT2D eigenvalue weighted by Crippen LogP contribution is 2.28. The molecule has 24 heavy (non-hydrogen) atoms. The lowest BCUT2D eigenvalue weighted by Crippen LogP contribution is -2.38. The molecule has 8 heteroatoms. The summed E-state index contributed by atoms with van der Waals surface area (Å²) >= 11 is 6.00. The molecule has 1 saturated heterocycles. The number of carbonyl (C=O) groups excluding carboxylic acids is 1. The van der Waals surface area contributed by atoms with E-state index in [1.165, 1.54) is 0 Å². The number of carbonyl (C=O) groups is 1. The van der Waals surface area contributed by atoms with Gasteiger partial charge in [-0.2, -0.15) is 0 Å². The first-order chi connectivity index (χ1) is 11.2. The van der Waals surface area contributed by atoms with Gasteiger partial charge in [0, 0.05) is 11.1 Å². The van der Waals surface area contributed by atoms with E-state index >= 15 is 0 Å². The average Bonchev–Trinajstić information content (AvgIpc) is 3.12. The number of nitrogens with zero attached hydrogens (tertiary/aromatic N) is 2. The van der Waals surface area contributed by atoms with Crippen LogP contribution in [0.25, 0.3) is 11.0 Å². The van der Waals surface area contributed by atoms with Crippen molar-refractivity contribution in [2.24, 2.45) is 0 Å². The largest absolute Gasteiger partial charge is 0.473 e. The highest BCUT2D eigenvalue weighted by molar-refractivity contribution is 6.31. The van der Waals surface area contributed by atoms with E-state index in [2.05, 4.69) is 10.1 Å². The number of hydrogen-bond acceptors (Lipinski definition) is 6. The monoisotopic (exact) mass is 374 g/mol. The molecule has 6 nitrogen and oxygen atoms in total. The molecule has 0 spiro atoms. The van der Waals surface area contributed by atoms with Crippen LogP contribution in [0.3, 0.4) is 0 Å². The summed E-state index contributed by atoms with van der Waals surface area (Å²) in [5, 5.41) is 5.31. The standard InChI is InChI=1S/C16H19ClN2O4.ClH/c1-2-21-15(20)9-19-7-3-4-12(19)10-22-16-13-8-11(17)5-6-14(13)23-18-16;/h5-6,8,12H,2-4,7,9-10H2,1H3;1H/t12-;/m0./s1. The van der Waals surface area contributed by atoms with E-state index in [-0.39, 0.29) is 24.4 Å². The lowest BCUT2D eigenvalue weighted by Gasteiger charge is -2.22. The highest BCUT2D eigenvalue weighted by atomic mass is 35.5. The summed E-state index contributed by atoms with van der Waals surface area (Å²) in [4.78, 5) is 13.7. The van der Waals surface area contributed by atoms with Crippen molar-refractivity contribution in [1.29, 1.82) is 0 Å². The van der Waals surface area contributed by atoms with Crippen molar-refractivity contribution >= 4 is 40.9 Å². The Morgan fingerprint density at radius 2 is 2.33 bits per heavy atom. The van der Waals surface area contributed by atoms with Crippen molar-refractivity contribution in [3.8, 4) is 5.88 Å². The third-order valence-corrected chi connectivity index (χ3v) is 4.18. The Morgan fingerprint density at radius 1 is 1.50 bits per heavy atom. The second-order valence-electron chi connectivity index (χ2n) is 5.51. The number of halogens is 2. The van der Waals surface area contributed by atoms with Crippen LogP contribution in [0.15, 0.2) is 22.7 Å². The van der Waals surface area contributed by atoms with Gasteiger partial charge in [0.05, 0.1) is 18.5 Å². The molecule has 0 aliphatic carbocycles. The van der Waals surface area contributed by atoms with Crippen LogP contribution in [0, 0.1) is 0 Å². The van der Waals surface area contributed by atoms with E-state index in [1.807, 2.05) is 6.92 Å². The molecule has 1 aliphatic heterocycles. The zero-order chi connectivity index (χ0) is 16.2. The predicted molar refractivity (Wildman–Crippen MR) is 93.0 cm³/mol. The molecule has 0 saturated carbocycles. The second-order valence-corrected chi connectivity index (χ2v) is 5.95. The van der Waals surface area contributed by atoms with E-state index < -0.39 is 0 Å². The Kier molecular flexibility index (Phi) is 6.71. The van der Waals surface area contributed by atoms with Crippen molar-refractivity contribution in [2.75, 3.05) is 26.3 Å². The topological polar surface area (TPSA) is 64.8 Å². The normalized spacial score (nSPS) is 17.7. The number of aromatic nitrogens is 1. The molecule has 1 aliphatic rings. The smallest absolute Gasteiger partial charge is 0.320 e. The lowest BCUT2D eigenvalue weighted by molar-refractivity contribution is -0.144. The SMILES string of the molecule is CCOC(=O)CN1CCC[C@H]1COc1noc2ccc(Cl)cc12.Cl. The number of esters is 1. The number of fused-ring (bicyclic) bond motifs is 1. The minimum absolute atomic E-state index is 0. The van der Waals surface area contributed by atoms with Crippen LogP contribution in [-0.4, -0.2) is 48.4 Å². The molecule has 0 amide bonds. The van der Waals surface area contributed by atoms with Gasteiger partial charge in [0.15, 0.2) is 5.58 Å². The Hall–Kier alpha value is -1.50. The van der Waals surface area contributed by atoms with Crippen LogP contribution >= 0.6 is 24.0 Å². The van der Waals surface area contributed by atoms with Gasteiger partial charge in [0.25, 0.3) is 5.88 Å². The van der Waals surface area contributed by atoms with Crippen molar-refractivity contribution in [2.45, 2.75) is 25.8 Å². The first-order valence-corrected chi connectivity index (χ1v) is 8.12. The minimum Gasteiger partial charge on any atom is -0.473 e. The van der Waals surface area contributed by atoms with Gasteiger partial charge in [-0.3, -0.25) is 9.69 Å². The summed E-state index contributed by atoms with van der Waals surface area (Å²) in [6.07, 6.45) is 2.02. The van der Waals surface area contributed by atoms with Crippen molar-refractivity contribution < 1.29 is 18.8 Å². The molecule has 0 unspecified atom stereocenters. The van der Waals surface area contributed by atoms with Crippen molar-refractivity contribution in [1.82, 2.24) is 10.1 Å². The lowest BCUT2D eigenvalue weighted by atomic mass is 10.2. The quantitative estimate of drug-likeness (QED) is 0.722. The number of ether oxygens (including phenoxy) is 2. The summed E-state index contributed by atoms with van der Waals surface area (Å²) in [6, 6.07) is 5.45. The summed E-state index contributed by atoms with van der Waals surface area (Å²) in [7, 11) is 0. The van der Waals surface area contributed by atoms with E-state index in [1.54, 1.807) is 18.2 Å². The first-order valence-electron chi connectivity index (χ1n) is 7.74. The highest BCUT2D eigenvalue weighted by Gasteiger charge is 2.27. The van der Waals surface area contributed by atoms with Gasteiger partial charge in [-0.1, -0.05) is 11.6 Å². The maximum Gasteiger partial charge on any atom is 0.320 e. The van der Waals surface area contributed by atoms with E-state index in [0.717, 1.165) is 24.8 Å². The van der Waals surface area contributed by atoms with Gasteiger partial charge in [-0.15, -0.1) is 12.4 Å². The molecule has 2 heterocycles. The van der Waals surface area contributed by atoms with Crippen LogP contribution in [0.1, 0.15) is 19.8 Å². The zero-order valence-electron chi connectivity index (χ0n) is 13.4. The minimum atomic E-state index is -0.196. The van der Waals surface area contributed by atoms with Crippen LogP contribution in [-0.2, 0) is 9.53 Å². The molecule has 0 radical (unpaired) electrons. The molecular formula is C16H20Cl2N2O4. The maximum absolute atomic E-state index is 11.6. The fourth-order valence-electron chi connectivity index (χ4n) is 2.83. The molecule has 0 N–H and O–H groups in total. The summed E-state index contributed by atoms with van der Waals surface area (Å²) in [5.74, 6) is 0.239. The molecule has 3 rings (SSSR count). The fraction of sp³-hybridized carbons (Fsp3) is 0.500. The molecule has 1 atom stereocenters. The molecule has 132 valence electrons. The summed E-state index contributed by atoms with van der Waals surface area (Å²) in [5.41, 5.74) is 0.638. The third-order valence-electron chi connectivity index (χ3n) is 3.95. The number of rotatable bonds is 6. The fourth-order valence-corrected chi connectivity index (χ4v) is 3.00. The Labute approximate surface area is 151 Å². The summed E-state index contributed by atoms with van der Waals surface area (Å²) < 4.78 is 16.0. The van der Waals surface area contributed by atoms with Gasteiger partial charge < -0.3 is 14.0 Å². The zero-order valence-corrected chi connectivity index (χ0v) is 14.9. The molecule has 1 aromatic heterocycles. The summed E-state index contributed by atoms with van der Waals surface area (Å²) in [6.45, 7) is 3.84. The van der Waals surface area contributed by atoms with Crippen LogP contribution in [0.2, 0.25) is 5.02 Å². The van der Waals surface area contributed by atoms with E-state index in [4.69, 9.17) is 25.6 Å². The van der Waals surface area contributed by atoms with Gasteiger partial charge in [0.1, 0.15) is 6.61 Å². The van der Waals surface area contributed by atoms with E-state index in [0.29, 0.717) is 36.2 Å². The first kappa shape index (κ1) is 18.8. The number of likely N-dealkylation sites (tertiary alicyclic amines) is 1. The van der Waals surface area contributed by atoms with Crippen molar-refractivity contribution in [3.63, 3.8) is 0 Å². The number of benzene rings is 1. The Morgan fingerprint density at radius 3 is 3.12 bits per heavy atom. The van der Waals surface area contributed by atoms with Gasteiger partial charge in [-0.25, -0.2) is 0 Å². The van der Waals surface area contributed by atoms with Crippen LogP contribution in [0.4, 0.5) is 0 Å². The van der Waals surface area contributed by atoms with E-state index in [9.17, 15) is 4.79 Å². The Bertz CT molecular complexity index is 692. The molecule has 1 aromatic carbocycles. The predicted octanol–water partition coefficient (Wildman–Crippen LogP) is 3.31. The maximum atomic E-state index is 11.6. The molecular weight excluding hydrogens is 355 g/mol. The van der Waals surface area contributed by atoms with Gasteiger partial charge in [0.2, 0.25) is 0 Å². The molecule has 0 bridgehead atoms. The van der Waals surface area contributed by atoms with Crippen molar-refractivity contribution in [3.05, 3.63) is 23.2 Å². The molecule has 1 fully saturated rings. The molecule has 2 aromatic rings. The number of hydrogen-bond donors (Lipinski definition) is 0. The average molecular weight is 375 g/mol. The van der Waals surface area contributed by atoms with Crippen LogP contribution < -0.4 is 4.74 Å². The Balaban J connectivity index is 0.00000208. The van der Waals surface area contributed by atoms with Gasteiger partial charge in [-0.05, 0) is 49.7 Å².